The van der Waals surface area contributed by atoms with Gasteiger partial charge in [-0.05, 0) is 0 Å². The molecular formula is C12H13O5P. The van der Waals surface area contributed by atoms with Gasteiger partial charge in [0.15, 0.2) is 0 Å². The van der Waals surface area contributed by atoms with Gasteiger partial charge in [-0.1, -0.05) is 0 Å². The van der Waals surface area contributed by atoms with Gasteiger partial charge in [0, 0.05) is 0 Å². The summed E-state index contributed by atoms with van der Waals surface area (Å²) in [6, 6.07) is 7.17. The molecule has 96 valence electrons. The van der Waals surface area contributed by atoms with Crippen LogP contribution in [-0.2, 0) is 13.8 Å². The number of carbonyl (C=O) groups is 1. The van der Waals surface area contributed by atoms with Crippen LogP contribution in [0.2, 0.25) is 0 Å². The van der Waals surface area contributed by atoms with Crippen LogP contribution in [0.25, 0.3) is 0 Å². The number of benzene rings is 1. The molecule has 0 aliphatic carbocycles. The Balaban J connectivity index is 2.04. The molecule has 0 aromatic heterocycles. The van der Waals surface area contributed by atoms with Gasteiger partial charge in [0.25, 0.3) is 0 Å². The van der Waals surface area contributed by atoms with E-state index in [0.717, 1.165) is 0 Å². The minimum absolute atomic E-state index is 0.311. The Morgan fingerprint density at radius 1 is 1.22 bits per heavy atom. The third-order valence-corrected chi connectivity index (χ3v) is 5.83. The molecule has 1 aromatic carbocycles. The summed E-state index contributed by atoms with van der Waals surface area (Å²) in [5, 5.41) is 0. The van der Waals surface area contributed by atoms with Crippen molar-refractivity contribution in [2.24, 2.45) is 0 Å². The van der Waals surface area contributed by atoms with E-state index >= 15 is 0 Å². The van der Waals surface area contributed by atoms with Crippen molar-refractivity contribution in [3.8, 4) is 11.5 Å². The number of para-hydroxylation sites is 2. The van der Waals surface area contributed by atoms with E-state index in [1.165, 1.54) is 6.92 Å². The number of allylic oxidation sites excluding steroid dienone is 2. The second kappa shape index (κ2) is 3.39. The third kappa shape index (κ3) is 1.55. The zero-order chi connectivity index (χ0) is 12.8. The van der Waals surface area contributed by atoms with Crippen LogP contribution in [0.1, 0.15) is 13.8 Å². The monoisotopic (exact) mass is 268 g/mol. The quantitative estimate of drug-likeness (QED) is 0.732. The fourth-order valence-electron chi connectivity index (χ4n) is 2.08. The molecule has 0 saturated heterocycles. The molecule has 0 amide bonds. The van der Waals surface area contributed by atoms with Crippen LogP contribution in [-0.4, -0.2) is 12.1 Å². The molecule has 0 radical (unpaired) electrons. The Labute approximate surface area is 105 Å². The molecule has 0 fully saturated rings. The van der Waals surface area contributed by atoms with Crippen molar-refractivity contribution in [1.82, 2.24) is 0 Å². The summed E-state index contributed by atoms with van der Waals surface area (Å²) in [6.07, 6.45) is 2.12. The number of hydrogen-bond acceptors (Lipinski definition) is 5. The minimum atomic E-state index is -3.87. The second-order valence-corrected chi connectivity index (χ2v) is 7.29. The number of carbonyl (C=O) groups excluding carboxylic acids is 1. The summed E-state index contributed by atoms with van der Waals surface area (Å²) in [5.74, 6) is 1.24. The van der Waals surface area contributed by atoms with Crippen LogP contribution in [0, 0.1) is 0 Å². The summed E-state index contributed by atoms with van der Waals surface area (Å²) in [7, 11) is -3.87. The van der Waals surface area contributed by atoms with Crippen molar-refractivity contribution in [3.63, 3.8) is 0 Å². The SMILES string of the molecule is CC(=O)OP12(CC=C(C)O1)Oc1ccccc1O2. The molecular weight excluding hydrogens is 255 g/mol. The molecule has 0 atom stereocenters. The summed E-state index contributed by atoms with van der Waals surface area (Å²) in [4.78, 5) is 11.4. The predicted octanol–water partition coefficient (Wildman–Crippen LogP) is 3.17. The molecule has 5 nitrogen and oxygen atoms in total. The topological polar surface area (TPSA) is 54.0 Å². The molecule has 2 heterocycles. The van der Waals surface area contributed by atoms with Gasteiger partial charge >= 0.3 is 104 Å². The number of hydrogen-bond donors (Lipinski definition) is 0. The molecule has 0 N–H and O–H groups in total. The van der Waals surface area contributed by atoms with E-state index in [0.29, 0.717) is 23.4 Å². The van der Waals surface area contributed by atoms with Gasteiger partial charge in [-0.15, -0.1) is 0 Å². The van der Waals surface area contributed by atoms with Gasteiger partial charge in [-0.2, -0.15) is 0 Å². The number of rotatable bonds is 1. The zero-order valence-electron chi connectivity index (χ0n) is 10.1. The van der Waals surface area contributed by atoms with E-state index in [2.05, 4.69) is 0 Å². The van der Waals surface area contributed by atoms with Gasteiger partial charge in [0.2, 0.25) is 0 Å². The number of fused-ring (bicyclic) bond motifs is 1. The standard InChI is InChI=1S/C12H13O5P/c1-9-7-8-18(14-9,15-10(2)13)16-11-5-3-4-6-12(11)17-18/h3-7H,8H2,1-2H3. The fraction of sp³-hybridized carbons (Fsp3) is 0.250. The van der Waals surface area contributed by atoms with Gasteiger partial charge in [0.05, 0.1) is 0 Å². The Morgan fingerprint density at radius 3 is 2.28 bits per heavy atom. The summed E-state index contributed by atoms with van der Waals surface area (Å²) < 4.78 is 22.7. The molecule has 1 spiro atoms. The van der Waals surface area contributed by atoms with E-state index < -0.39 is 13.5 Å². The molecule has 0 saturated carbocycles. The van der Waals surface area contributed by atoms with Crippen LogP contribution in [0.4, 0.5) is 0 Å². The Hall–Kier alpha value is -1.74. The van der Waals surface area contributed by atoms with Crippen LogP contribution in [0.3, 0.4) is 0 Å². The van der Waals surface area contributed by atoms with Gasteiger partial charge in [-0.3, -0.25) is 0 Å². The van der Waals surface area contributed by atoms with Crippen molar-refractivity contribution < 1.29 is 22.9 Å². The van der Waals surface area contributed by atoms with E-state index in [1.54, 1.807) is 19.1 Å². The zero-order valence-corrected chi connectivity index (χ0v) is 11.0. The molecule has 2 aliphatic heterocycles. The van der Waals surface area contributed by atoms with Crippen LogP contribution in [0.5, 0.6) is 11.5 Å². The summed E-state index contributed by atoms with van der Waals surface area (Å²) >= 11 is 0. The maximum absolute atomic E-state index is 11.4. The molecule has 3 rings (SSSR count). The third-order valence-electron chi connectivity index (χ3n) is 2.70. The summed E-state index contributed by atoms with van der Waals surface area (Å²) in [5.41, 5.74) is 0. The predicted molar refractivity (Wildman–Crippen MR) is 66.1 cm³/mol. The van der Waals surface area contributed by atoms with Crippen molar-refractivity contribution in [3.05, 3.63) is 36.1 Å². The Bertz CT molecular complexity index is 540. The van der Waals surface area contributed by atoms with Crippen LogP contribution >= 0.6 is 7.51 Å². The average Bonchev–Trinajstić information content (AvgIpc) is 2.76. The van der Waals surface area contributed by atoms with E-state index in [4.69, 9.17) is 18.1 Å². The molecule has 6 heteroatoms. The van der Waals surface area contributed by atoms with Gasteiger partial charge in [0.1, 0.15) is 0 Å². The first kappa shape index (κ1) is 11.4. The first-order valence-corrected chi connectivity index (χ1v) is 7.68. The fourth-order valence-corrected chi connectivity index (χ4v) is 5.35. The molecule has 1 aromatic rings. The maximum atomic E-state index is 11.4. The first-order valence-electron chi connectivity index (χ1n) is 5.59. The molecule has 0 bridgehead atoms. The Morgan fingerprint density at radius 2 is 1.83 bits per heavy atom. The van der Waals surface area contributed by atoms with Gasteiger partial charge in [-0.25, -0.2) is 0 Å². The van der Waals surface area contributed by atoms with Crippen molar-refractivity contribution >= 4 is 13.5 Å². The molecule has 18 heavy (non-hydrogen) atoms. The summed E-state index contributed by atoms with van der Waals surface area (Å²) in [6.45, 7) is 3.09. The van der Waals surface area contributed by atoms with Gasteiger partial charge < -0.3 is 0 Å². The Kier molecular flexibility index (Phi) is 2.14. The van der Waals surface area contributed by atoms with Crippen molar-refractivity contribution in [2.75, 3.05) is 6.16 Å². The van der Waals surface area contributed by atoms with E-state index in [1.807, 2.05) is 18.2 Å². The first-order chi connectivity index (χ1) is 8.50. The van der Waals surface area contributed by atoms with Crippen molar-refractivity contribution in [1.29, 1.82) is 0 Å². The van der Waals surface area contributed by atoms with Crippen LogP contribution in [0.15, 0.2) is 36.1 Å². The molecule has 0 unspecified atom stereocenters. The van der Waals surface area contributed by atoms with Crippen LogP contribution < -0.4 is 9.05 Å². The van der Waals surface area contributed by atoms with Crippen molar-refractivity contribution in [2.45, 2.75) is 13.8 Å². The van der Waals surface area contributed by atoms with E-state index in [-0.39, 0.29) is 0 Å². The van der Waals surface area contributed by atoms with E-state index in [9.17, 15) is 4.79 Å². The molecule has 2 aliphatic rings. The normalized spacial score (nSPS) is 23.7. The average molecular weight is 268 g/mol. The second-order valence-electron chi connectivity index (χ2n) is 4.26.